The Balaban J connectivity index is 1.42. The standard InChI is InChI=1S/C27H48O2/c1-17(2)25(28)11-6-18(3)23-9-10-24-22-8-7-19-16-26(4,29)14-12-20(19)21(22)13-15-27(23,24)5/h17-25,28-29H,6-16H2,1-5H3/t18-,19+,20+,21-,22-,23-,24+,25+,26+,27-/m1/s1. The highest BCUT2D eigenvalue weighted by Crippen LogP contribution is 2.65. The third-order valence-corrected chi connectivity index (χ3v) is 10.7. The van der Waals surface area contributed by atoms with E-state index in [9.17, 15) is 10.2 Å². The lowest BCUT2D eigenvalue weighted by atomic mass is 9.48. The summed E-state index contributed by atoms with van der Waals surface area (Å²) < 4.78 is 0. The normalized spacial score (nSPS) is 49.2. The molecule has 4 fully saturated rings. The van der Waals surface area contributed by atoms with Crippen LogP contribution in [0.3, 0.4) is 0 Å². The lowest BCUT2D eigenvalue weighted by Crippen LogP contribution is -2.50. The second-order valence-corrected chi connectivity index (χ2v) is 12.8. The van der Waals surface area contributed by atoms with Gasteiger partial charge < -0.3 is 10.2 Å². The van der Waals surface area contributed by atoms with Crippen molar-refractivity contribution in [1.29, 1.82) is 0 Å². The van der Waals surface area contributed by atoms with E-state index in [0.29, 0.717) is 11.3 Å². The van der Waals surface area contributed by atoms with Gasteiger partial charge in [0.15, 0.2) is 0 Å². The summed E-state index contributed by atoms with van der Waals surface area (Å²) in [5, 5.41) is 20.9. The Hall–Kier alpha value is -0.0800. The zero-order valence-corrected chi connectivity index (χ0v) is 19.9. The van der Waals surface area contributed by atoms with Crippen molar-refractivity contribution < 1.29 is 10.2 Å². The molecule has 0 amide bonds. The fraction of sp³-hybridized carbons (Fsp3) is 1.00. The molecule has 2 heteroatoms. The molecule has 10 atom stereocenters. The van der Waals surface area contributed by atoms with Crippen LogP contribution in [0.1, 0.15) is 105 Å². The summed E-state index contributed by atoms with van der Waals surface area (Å²) in [7, 11) is 0. The maximum absolute atomic E-state index is 10.6. The number of aliphatic hydroxyl groups is 2. The van der Waals surface area contributed by atoms with E-state index in [2.05, 4.69) is 34.6 Å². The summed E-state index contributed by atoms with van der Waals surface area (Å²) in [5.41, 5.74) is 0.141. The van der Waals surface area contributed by atoms with Crippen molar-refractivity contribution in [3.05, 3.63) is 0 Å². The van der Waals surface area contributed by atoms with Crippen molar-refractivity contribution in [2.45, 2.75) is 117 Å². The molecule has 0 aliphatic heterocycles. The van der Waals surface area contributed by atoms with Crippen LogP contribution in [0.15, 0.2) is 0 Å². The maximum Gasteiger partial charge on any atom is 0.0622 e. The van der Waals surface area contributed by atoms with E-state index in [1.165, 1.54) is 51.4 Å². The minimum atomic E-state index is -0.397. The lowest BCUT2D eigenvalue weighted by Gasteiger charge is -2.57. The van der Waals surface area contributed by atoms with Crippen LogP contribution in [-0.2, 0) is 0 Å². The van der Waals surface area contributed by atoms with Crippen molar-refractivity contribution in [3.8, 4) is 0 Å². The van der Waals surface area contributed by atoms with Gasteiger partial charge in [-0.2, -0.15) is 0 Å². The second-order valence-electron chi connectivity index (χ2n) is 12.8. The topological polar surface area (TPSA) is 40.5 Å². The van der Waals surface area contributed by atoms with Crippen LogP contribution >= 0.6 is 0 Å². The smallest absolute Gasteiger partial charge is 0.0622 e. The lowest BCUT2D eigenvalue weighted by molar-refractivity contribution is -0.103. The number of fused-ring (bicyclic) bond motifs is 5. The van der Waals surface area contributed by atoms with Gasteiger partial charge >= 0.3 is 0 Å². The first kappa shape index (κ1) is 22.1. The Morgan fingerprint density at radius 3 is 2.28 bits per heavy atom. The molecule has 2 N–H and O–H groups in total. The maximum atomic E-state index is 10.6. The number of hydrogen-bond donors (Lipinski definition) is 2. The van der Waals surface area contributed by atoms with E-state index in [4.69, 9.17) is 0 Å². The van der Waals surface area contributed by atoms with Crippen molar-refractivity contribution in [2.24, 2.45) is 52.8 Å². The number of rotatable bonds is 5. The first-order valence-corrected chi connectivity index (χ1v) is 13.0. The van der Waals surface area contributed by atoms with E-state index in [1.807, 2.05) is 0 Å². The van der Waals surface area contributed by atoms with Gasteiger partial charge in [-0.1, -0.05) is 27.7 Å². The molecule has 0 spiro atoms. The van der Waals surface area contributed by atoms with Gasteiger partial charge in [0.2, 0.25) is 0 Å². The number of aliphatic hydroxyl groups excluding tert-OH is 1. The van der Waals surface area contributed by atoms with Crippen molar-refractivity contribution in [3.63, 3.8) is 0 Å². The third-order valence-electron chi connectivity index (χ3n) is 10.7. The van der Waals surface area contributed by atoms with E-state index in [0.717, 1.165) is 60.7 Å². The van der Waals surface area contributed by atoms with E-state index in [1.54, 1.807) is 0 Å². The molecule has 4 aliphatic carbocycles. The molecular formula is C27H48O2. The Morgan fingerprint density at radius 1 is 0.828 bits per heavy atom. The molecule has 29 heavy (non-hydrogen) atoms. The van der Waals surface area contributed by atoms with Gasteiger partial charge in [-0.3, -0.25) is 0 Å². The van der Waals surface area contributed by atoms with Gasteiger partial charge in [-0.05, 0) is 130 Å². The highest BCUT2D eigenvalue weighted by Gasteiger charge is 2.58. The number of hydrogen-bond acceptors (Lipinski definition) is 2. The van der Waals surface area contributed by atoms with Gasteiger partial charge in [-0.25, -0.2) is 0 Å². The molecule has 2 nitrogen and oxygen atoms in total. The molecule has 168 valence electrons. The summed E-state index contributed by atoms with van der Waals surface area (Å²) in [6, 6.07) is 0. The summed E-state index contributed by atoms with van der Waals surface area (Å²) in [4.78, 5) is 0. The van der Waals surface area contributed by atoms with Gasteiger partial charge in [0.1, 0.15) is 0 Å². The summed E-state index contributed by atoms with van der Waals surface area (Å²) >= 11 is 0. The average Bonchev–Trinajstić information content (AvgIpc) is 3.01. The largest absolute Gasteiger partial charge is 0.393 e. The van der Waals surface area contributed by atoms with Crippen molar-refractivity contribution >= 4 is 0 Å². The van der Waals surface area contributed by atoms with Gasteiger partial charge in [0.25, 0.3) is 0 Å². The van der Waals surface area contributed by atoms with Crippen LogP contribution in [0.25, 0.3) is 0 Å². The Labute approximate surface area is 180 Å². The summed E-state index contributed by atoms with van der Waals surface area (Å²) in [6.45, 7) is 11.5. The molecule has 4 rings (SSSR count). The van der Waals surface area contributed by atoms with E-state index < -0.39 is 5.60 Å². The molecule has 0 bridgehead atoms. The van der Waals surface area contributed by atoms with Crippen LogP contribution in [-0.4, -0.2) is 21.9 Å². The van der Waals surface area contributed by atoms with Crippen LogP contribution < -0.4 is 0 Å². The third kappa shape index (κ3) is 4.07. The highest BCUT2D eigenvalue weighted by molar-refractivity contribution is 5.07. The molecule has 0 unspecified atom stereocenters. The predicted octanol–water partition coefficient (Wildman–Crippen LogP) is 6.44. The molecule has 0 aromatic heterocycles. The van der Waals surface area contributed by atoms with Crippen LogP contribution in [0.5, 0.6) is 0 Å². The average molecular weight is 405 g/mol. The molecule has 0 aromatic carbocycles. The van der Waals surface area contributed by atoms with Crippen molar-refractivity contribution in [2.75, 3.05) is 0 Å². The van der Waals surface area contributed by atoms with E-state index >= 15 is 0 Å². The molecule has 0 radical (unpaired) electrons. The molecule has 0 saturated heterocycles. The minimum absolute atomic E-state index is 0.128. The molecule has 4 saturated carbocycles. The van der Waals surface area contributed by atoms with Crippen LogP contribution in [0.2, 0.25) is 0 Å². The van der Waals surface area contributed by atoms with Gasteiger partial charge in [0, 0.05) is 0 Å². The Bertz CT molecular complexity index is 569. The molecule has 4 aliphatic rings. The molecule has 0 heterocycles. The predicted molar refractivity (Wildman–Crippen MR) is 120 cm³/mol. The van der Waals surface area contributed by atoms with Crippen molar-refractivity contribution in [1.82, 2.24) is 0 Å². The minimum Gasteiger partial charge on any atom is -0.393 e. The SMILES string of the molecule is CC(C)[C@@H](O)CC[C@@H](C)[C@H]1CC[C@H]2[C@@H]3CC[C@H]4C[C@@](C)(O)CC[C@@H]4[C@H]3CC[C@]12C. The summed E-state index contributed by atoms with van der Waals surface area (Å²) in [6.07, 6.45) is 13.9. The highest BCUT2D eigenvalue weighted by atomic mass is 16.3. The molecular weight excluding hydrogens is 356 g/mol. The summed E-state index contributed by atoms with van der Waals surface area (Å²) in [5.74, 6) is 6.52. The van der Waals surface area contributed by atoms with E-state index in [-0.39, 0.29) is 6.10 Å². The monoisotopic (exact) mass is 404 g/mol. The fourth-order valence-electron chi connectivity index (χ4n) is 9.03. The fourth-order valence-corrected chi connectivity index (χ4v) is 9.03. The van der Waals surface area contributed by atoms with Crippen LogP contribution in [0, 0.1) is 52.8 Å². The first-order valence-electron chi connectivity index (χ1n) is 13.0. The van der Waals surface area contributed by atoms with Gasteiger partial charge in [0.05, 0.1) is 11.7 Å². The van der Waals surface area contributed by atoms with Gasteiger partial charge in [-0.15, -0.1) is 0 Å². The second kappa shape index (κ2) is 8.12. The quantitative estimate of drug-likeness (QED) is 0.553. The first-order chi connectivity index (χ1) is 13.6. The zero-order chi connectivity index (χ0) is 21.0. The molecule has 0 aromatic rings. The van der Waals surface area contributed by atoms with Crippen LogP contribution in [0.4, 0.5) is 0 Å². The zero-order valence-electron chi connectivity index (χ0n) is 19.9. The Morgan fingerprint density at radius 2 is 1.55 bits per heavy atom. The Kier molecular flexibility index (Phi) is 6.19.